The summed E-state index contributed by atoms with van der Waals surface area (Å²) in [7, 11) is 0. The first-order valence-electron chi connectivity index (χ1n) is 5.67. The van der Waals surface area contributed by atoms with Crippen LogP contribution in [0.5, 0.6) is 0 Å². The standard InChI is InChI=1S/C11H16N2O6/c1-2-3-19-11(18)12-5-9(15)13-6-7(14)4-8(13)10(16)17/h2,7-8,14H,1,3-6H2,(H,12,18)(H,16,17)/t7-,8+/m1/s1. The Bertz CT molecular complexity index is 383. The highest BCUT2D eigenvalue weighted by Crippen LogP contribution is 2.17. The maximum Gasteiger partial charge on any atom is 0.407 e. The molecule has 106 valence electrons. The number of alkyl carbamates (subject to hydrolysis) is 1. The van der Waals surface area contributed by atoms with Crippen LogP contribution in [0.25, 0.3) is 0 Å². The Morgan fingerprint density at radius 1 is 1.47 bits per heavy atom. The number of carbonyl (C=O) groups is 3. The van der Waals surface area contributed by atoms with Gasteiger partial charge in [-0.25, -0.2) is 9.59 Å². The molecule has 8 nitrogen and oxygen atoms in total. The van der Waals surface area contributed by atoms with Gasteiger partial charge in [0.25, 0.3) is 0 Å². The van der Waals surface area contributed by atoms with Gasteiger partial charge in [0.05, 0.1) is 6.10 Å². The van der Waals surface area contributed by atoms with E-state index in [0.717, 1.165) is 4.90 Å². The van der Waals surface area contributed by atoms with E-state index in [1.165, 1.54) is 6.08 Å². The number of carboxylic acid groups (broad SMARTS) is 1. The van der Waals surface area contributed by atoms with Gasteiger partial charge < -0.3 is 25.2 Å². The predicted octanol–water partition coefficient (Wildman–Crippen LogP) is -1.05. The second-order valence-electron chi connectivity index (χ2n) is 4.03. The number of aliphatic hydroxyl groups excluding tert-OH is 1. The van der Waals surface area contributed by atoms with Crippen LogP contribution in [0.2, 0.25) is 0 Å². The molecule has 0 radical (unpaired) electrons. The number of β-amino-alcohol motifs (C(OH)–C–C–N with tert-alkyl or cyclic N) is 1. The van der Waals surface area contributed by atoms with Crippen molar-refractivity contribution in [3.63, 3.8) is 0 Å². The van der Waals surface area contributed by atoms with Crippen molar-refractivity contribution in [1.82, 2.24) is 10.2 Å². The zero-order valence-electron chi connectivity index (χ0n) is 10.2. The van der Waals surface area contributed by atoms with Crippen molar-refractivity contribution >= 4 is 18.0 Å². The highest BCUT2D eigenvalue weighted by atomic mass is 16.5. The SMILES string of the molecule is C=CCOC(=O)NCC(=O)N1C[C@H](O)C[C@H]1C(=O)O. The van der Waals surface area contributed by atoms with Gasteiger partial charge in [-0.3, -0.25) is 4.79 Å². The minimum absolute atomic E-state index is 0.0119. The molecule has 0 aliphatic carbocycles. The molecule has 1 heterocycles. The van der Waals surface area contributed by atoms with Crippen LogP contribution in [0.1, 0.15) is 6.42 Å². The Hall–Kier alpha value is -2.09. The molecule has 1 saturated heterocycles. The lowest BCUT2D eigenvalue weighted by atomic mass is 10.2. The molecule has 0 unspecified atom stereocenters. The van der Waals surface area contributed by atoms with E-state index in [4.69, 9.17) is 5.11 Å². The largest absolute Gasteiger partial charge is 0.480 e. The molecule has 1 fully saturated rings. The molecule has 1 aliphatic heterocycles. The molecule has 3 N–H and O–H groups in total. The average Bonchev–Trinajstić information content (AvgIpc) is 2.75. The molecular weight excluding hydrogens is 256 g/mol. The monoisotopic (exact) mass is 272 g/mol. The zero-order valence-corrected chi connectivity index (χ0v) is 10.2. The molecule has 8 heteroatoms. The Morgan fingerprint density at radius 3 is 2.74 bits per heavy atom. The summed E-state index contributed by atoms with van der Waals surface area (Å²) < 4.78 is 4.60. The lowest BCUT2D eigenvalue weighted by molar-refractivity contribution is -0.147. The number of nitrogens with one attached hydrogen (secondary N) is 1. The fourth-order valence-corrected chi connectivity index (χ4v) is 1.76. The lowest BCUT2D eigenvalue weighted by Gasteiger charge is -2.21. The van der Waals surface area contributed by atoms with Gasteiger partial charge >= 0.3 is 12.1 Å². The summed E-state index contributed by atoms with van der Waals surface area (Å²) in [5.41, 5.74) is 0. The number of aliphatic hydroxyl groups is 1. The number of hydrogen-bond donors (Lipinski definition) is 3. The number of carboxylic acids is 1. The van der Waals surface area contributed by atoms with E-state index in [2.05, 4.69) is 16.6 Å². The fraction of sp³-hybridized carbons (Fsp3) is 0.545. The summed E-state index contributed by atoms with van der Waals surface area (Å²) in [6.45, 7) is 2.93. The van der Waals surface area contributed by atoms with E-state index < -0.39 is 30.1 Å². The number of aliphatic carboxylic acids is 1. The van der Waals surface area contributed by atoms with Crippen LogP contribution in [0.3, 0.4) is 0 Å². The molecule has 0 saturated carbocycles. The van der Waals surface area contributed by atoms with Crippen molar-refractivity contribution in [2.75, 3.05) is 19.7 Å². The fourth-order valence-electron chi connectivity index (χ4n) is 1.76. The van der Waals surface area contributed by atoms with Crippen molar-refractivity contribution in [1.29, 1.82) is 0 Å². The zero-order chi connectivity index (χ0) is 14.4. The van der Waals surface area contributed by atoms with Crippen molar-refractivity contribution in [3.8, 4) is 0 Å². The third kappa shape index (κ3) is 4.25. The van der Waals surface area contributed by atoms with E-state index in [9.17, 15) is 19.5 Å². The minimum Gasteiger partial charge on any atom is -0.480 e. The Balaban J connectivity index is 2.46. The third-order valence-corrected chi connectivity index (χ3v) is 2.60. The van der Waals surface area contributed by atoms with Crippen molar-refractivity contribution in [2.24, 2.45) is 0 Å². The second-order valence-corrected chi connectivity index (χ2v) is 4.03. The number of nitrogens with zero attached hydrogens (tertiary/aromatic N) is 1. The summed E-state index contributed by atoms with van der Waals surface area (Å²) in [5.74, 6) is -1.77. The molecule has 1 rings (SSSR count). The number of likely N-dealkylation sites (tertiary alicyclic amines) is 1. The van der Waals surface area contributed by atoms with Crippen LogP contribution < -0.4 is 5.32 Å². The van der Waals surface area contributed by atoms with E-state index in [1.54, 1.807) is 0 Å². The Morgan fingerprint density at radius 2 is 2.16 bits per heavy atom. The number of ether oxygens (including phenoxy) is 1. The van der Waals surface area contributed by atoms with Gasteiger partial charge in [0.1, 0.15) is 19.2 Å². The van der Waals surface area contributed by atoms with Gasteiger partial charge in [-0.15, -0.1) is 0 Å². The topological polar surface area (TPSA) is 116 Å². The number of rotatable bonds is 5. The van der Waals surface area contributed by atoms with E-state index in [1.807, 2.05) is 0 Å². The van der Waals surface area contributed by atoms with Gasteiger partial charge in [0.2, 0.25) is 5.91 Å². The van der Waals surface area contributed by atoms with Crippen molar-refractivity contribution < 1.29 is 29.3 Å². The van der Waals surface area contributed by atoms with Crippen molar-refractivity contribution in [2.45, 2.75) is 18.6 Å². The van der Waals surface area contributed by atoms with E-state index in [0.29, 0.717) is 0 Å². The maximum atomic E-state index is 11.7. The maximum absolute atomic E-state index is 11.7. The van der Waals surface area contributed by atoms with Crippen LogP contribution in [0, 0.1) is 0 Å². The molecule has 19 heavy (non-hydrogen) atoms. The minimum atomic E-state index is -1.18. The lowest BCUT2D eigenvalue weighted by Crippen LogP contribution is -2.45. The van der Waals surface area contributed by atoms with E-state index in [-0.39, 0.29) is 26.1 Å². The summed E-state index contributed by atoms with van der Waals surface area (Å²) in [6, 6.07) is -1.06. The highest BCUT2D eigenvalue weighted by molar-refractivity contribution is 5.87. The molecule has 0 aromatic carbocycles. The second kappa shape index (κ2) is 6.74. The van der Waals surface area contributed by atoms with Gasteiger partial charge in [0.15, 0.2) is 0 Å². The van der Waals surface area contributed by atoms with Crippen LogP contribution >= 0.6 is 0 Å². The molecule has 2 atom stereocenters. The smallest absolute Gasteiger partial charge is 0.407 e. The molecular formula is C11H16N2O6. The quantitative estimate of drug-likeness (QED) is 0.550. The summed E-state index contributed by atoms with van der Waals surface area (Å²) in [5, 5.41) is 20.5. The third-order valence-electron chi connectivity index (χ3n) is 2.60. The average molecular weight is 272 g/mol. The molecule has 0 aromatic rings. The Kier molecular flexibility index (Phi) is 5.31. The first kappa shape index (κ1) is 15.0. The van der Waals surface area contributed by atoms with Crippen LogP contribution in [0.4, 0.5) is 4.79 Å². The van der Waals surface area contributed by atoms with Crippen LogP contribution in [-0.2, 0) is 14.3 Å². The van der Waals surface area contributed by atoms with Crippen LogP contribution in [-0.4, -0.2) is 64.9 Å². The summed E-state index contributed by atoms with van der Waals surface area (Å²) in [6.07, 6.45) is -0.293. The van der Waals surface area contributed by atoms with Gasteiger partial charge in [-0.1, -0.05) is 12.7 Å². The summed E-state index contributed by atoms with van der Waals surface area (Å²) in [4.78, 5) is 34.8. The van der Waals surface area contributed by atoms with Gasteiger partial charge in [-0.2, -0.15) is 0 Å². The van der Waals surface area contributed by atoms with Crippen LogP contribution in [0.15, 0.2) is 12.7 Å². The first-order chi connectivity index (χ1) is 8.95. The molecule has 1 aliphatic rings. The molecule has 0 bridgehead atoms. The first-order valence-corrected chi connectivity index (χ1v) is 5.67. The van der Waals surface area contributed by atoms with Gasteiger partial charge in [0, 0.05) is 13.0 Å². The van der Waals surface area contributed by atoms with E-state index >= 15 is 0 Å². The molecule has 0 spiro atoms. The molecule has 2 amide bonds. The number of carbonyl (C=O) groups excluding carboxylic acids is 2. The Labute approximate surface area is 109 Å². The predicted molar refractivity (Wildman–Crippen MR) is 63.3 cm³/mol. The van der Waals surface area contributed by atoms with Gasteiger partial charge in [-0.05, 0) is 0 Å². The normalized spacial score (nSPS) is 21.8. The number of amides is 2. The molecule has 0 aromatic heterocycles. The summed E-state index contributed by atoms with van der Waals surface area (Å²) >= 11 is 0. The highest BCUT2D eigenvalue weighted by Gasteiger charge is 2.38. The van der Waals surface area contributed by atoms with Crippen molar-refractivity contribution in [3.05, 3.63) is 12.7 Å². The number of hydrogen-bond acceptors (Lipinski definition) is 5.